The summed E-state index contributed by atoms with van der Waals surface area (Å²) in [5, 5.41) is 0. The lowest BCUT2D eigenvalue weighted by Crippen LogP contribution is -2.37. The van der Waals surface area contributed by atoms with E-state index in [4.69, 9.17) is 0 Å². The van der Waals surface area contributed by atoms with E-state index < -0.39 is 10.0 Å². The van der Waals surface area contributed by atoms with Gasteiger partial charge in [-0.15, -0.1) is 0 Å². The average Bonchev–Trinajstić information content (AvgIpc) is 2.30. The molecule has 0 bridgehead atoms. The molecule has 0 unspecified atom stereocenters. The number of hydrogen-bond donors (Lipinski definition) is 1. The number of carbonyl (C=O) groups is 1. The van der Waals surface area contributed by atoms with Crippen molar-refractivity contribution in [3.8, 4) is 0 Å². The molecule has 1 aliphatic heterocycles. The zero-order valence-corrected chi connectivity index (χ0v) is 9.85. The molecule has 6 heteroatoms. The van der Waals surface area contributed by atoms with Gasteiger partial charge < -0.3 is 4.90 Å². The van der Waals surface area contributed by atoms with Gasteiger partial charge >= 0.3 is 0 Å². The Hall–Kier alpha value is -0.620. The fourth-order valence-electron chi connectivity index (χ4n) is 1.64. The van der Waals surface area contributed by atoms with E-state index >= 15 is 0 Å². The summed E-state index contributed by atoms with van der Waals surface area (Å²) in [4.78, 5) is 13.3. The summed E-state index contributed by atoms with van der Waals surface area (Å²) in [5.41, 5.74) is 0. The number of rotatable bonds is 4. The number of carbonyl (C=O) groups excluding carboxylic acids is 1. The highest BCUT2D eigenvalue weighted by molar-refractivity contribution is 7.88. The molecule has 88 valence electrons. The standard InChI is InChI=1S/C9H18N2O3S/c1-15(13,14)10-6-8-11-7-4-2-3-5-9(11)12/h10H,2-8H2,1H3. The minimum absolute atomic E-state index is 0.141. The minimum Gasteiger partial charge on any atom is -0.341 e. The maximum Gasteiger partial charge on any atom is 0.222 e. The highest BCUT2D eigenvalue weighted by Gasteiger charge is 2.16. The van der Waals surface area contributed by atoms with Crippen LogP contribution in [-0.2, 0) is 14.8 Å². The third-order valence-corrected chi connectivity index (χ3v) is 3.15. The van der Waals surface area contributed by atoms with Gasteiger partial charge in [0.15, 0.2) is 0 Å². The first kappa shape index (κ1) is 12.4. The van der Waals surface area contributed by atoms with Crippen molar-refractivity contribution in [2.45, 2.75) is 25.7 Å². The van der Waals surface area contributed by atoms with Gasteiger partial charge in [0.1, 0.15) is 0 Å². The number of nitrogens with one attached hydrogen (secondary N) is 1. The monoisotopic (exact) mass is 234 g/mol. The number of amides is 1. The highest BCUT2D eigenvalue weighted by Crippen LogP contribution is 2.10. The van der Waals surface area contributed by atoms with Crippen molar-refractivity contribution in [3.63, 3.8) is 0 Å². The number of hydrogen-bond acceptors (Lipinski definition) is 3. The Morgan fingerprint density at radius 3 is 2.73 bits per heavy atom. The summed E-state index contributed by atoms with van der Waals surface area (Å²) in [7, 11) is -3.14. The number of sulfonamides is 1. The Labute approximate surface area is 90.9 Å². The Kier molecular flexibility index (Phi) is 4.53. The quantitative estimate of drug-likeness (QED) is 0.741. The molecule has 1 N–H and O–H groups in total. The van der Waals surface area contributed by atoms with E-state index in [1.807, 2.05) is 0 Å². The van der Waals surface area contributed by atoms with Gasteiger partial charge in [-0.1, -0.05) is 6.42 Å². The first-order chi connectivity index (χ1) is 6.99. The topological polar surface area (TPSA) is 66.5 Å². The summed E-state index contributed by atoms with van der Waals surface area (Å²) in [6, 6.07) is 0. The molecule has 1 aliphatic rings. The lowest BCUT2D eigenvalue weighted by atomic mass is 10.2. The summed E-state index contributed by atoms with van der Waals surface area (Å²) in [6.07, 6.45) is 4.78. The van der Waals surface area contributed by atoms with Crippen LogP contribution in [0.15, 0.2) is 0 Å². The van der Waals surface area contributed by atoms with E-state index in [1.54, 1.807) is 4.90 Å². The summed E-state index contributed by atoms with van der Waals surface area (Å²) in [6.45, 7) is 1.54. The van der Waals surface area contributed by atoms with E-state index in [1.165, 1.54) is 0 Å². The molecular weight excluding hydrogens is 216 g/mol. The zero-order valence-electron chi connectivity index (χ0n) is 9.03. The fraction of sp³-hybridized carbons (Fsp3) is 0.889. The summed E-state index contributed by atoms with van der Waals surface area (Å²) >= 11 is 0. The molecule has 0 aliphatic carbocycles. The molecule has 0 radical (unpaired) electrons. The zero-order chi connectivity index (χ0) is 11.3. The second-order valence-corrected chi connectivity index (χ2v) is 5.69. The largest absolute Gasteiger partial charge is 0.341 e. The van der Waals surface area contributed by atoms with Crippen molar-refractivity contribution in [2.75, 3.05) is 25.9 Å². The second kappa shape index (κ2) is 5.46. The molecule has 0 aromatic carbocycles. The van der Waals surface area contributed by atoms with Gasteiger partial charge in [0.2, 0.25) is 15.9 Å². The molecule has 15 heavy (non-hydrogen) atoms. The number of nitrogens with zero attached hydrogens (tertiary/aromatic N) is 1. The van der Waals surface area contributed by atoms with Crippen molar-refractivity contribution < 1.29 is 13.2 Å². The molecule has 0 saturated carbocycles. The molecule has 1 heterocycles. The molecule has 1 amide bonds. The van der Waals surface area contributed by atoms with Crippen LogP contribution in [0.1, 0.15) is 25.7 Å². The second-order valence-electron chi connectivity index (χ2n) is 3.86. The Balaban J connectivity index is 2.33. The Morgan fingerprint density at radius 1 is 1.33 bits per heavy atom. The Morgan fingerprint density at radius 2 is 2.07 bits per heavy atom. The molecule has 0 spiro atoms. The normalized spacial score (nSPS) is 19.0. The van der Waals surface area contributed by atoms with Crippen LogP contribution in [0.2, 0.25) is 0 Å². The van der Waals surface area contributed by atoms with E-state index in [0.717, 1.165) is 32.1 Å². The van der Waals surface area contributed by atoms with Crippen molar-refractivity contribution in [1.29, 1.82) is 0 Å². The van der Waals surface area contributed by atoms with Crippen molar-refractivity contribution >= 4 is 15.9 Å². The Bertz CT molecular complexity index is 313. The van der Waals surface area contributed by atoms with Gasteiger partial charge in [-0.2, -0.15) is 0 Å². The lowest BCUT2D eigenvalue weighted by molar-refractivity contribution is -0.130. The van der Waals surface area contributed by atoms with Gasteiger partial charge in [-0.05, 0) is 12.8 Å². The molecular formula is C9H18N2O3S. The summed E-state index contributed by atoms with van der Waals surface area (Å²) < 4.78 is 24.0. The van der Waals surface area contributed by atoms with Crippen LogP contribution in [-0.4, -0.2) is 45.1 Å². The van der Waals surface area contributed by atoms with Crippen LogP contribution in [0.25, 0.3) is 0 Å². The van der Waals surface area contributed by atoms with Crippen LogP contribution >= 0.6 is 0 Å². The third-order valence-electron chi connectivity index (χ3n) is 2.42. The van der Waals surface area contributed by atoms with E-state index in [2.05, 4.69) is 4.72 Å². The number of likely N-dealkylation sites (tertiary alicyclic amines) is 1. The fourth-order valence-corrected chi connectivity index (χ4v) is 2.10. The van der Waals surface area contributed by atoms with Gasteiger partial charge in [-0.3, -0.25) is 4.79 Å². The van der Waals surface area contributed by atoms with Crippen LogP contribution in [0.5, 0.6) is 0 Å². The van der Waals surface area contributed by atoms with Crippen molar-refractivity contribution in [1.82, 2.24) is 9.62 Å². The minimum atomic E-state index is -3.14. The maximum absolute atomic E-state index is 11.5. The predicted octanol–water partition coefficient (Wildman–Crippen LogP) is -0.0618. The first-order valence-corrected chi connectivity index (χ1v) is 7.10. The molecule has 0 aromatic heterocycles. The van der Waals surface area contributed by atoms with Crippen molar-refractivity contribution in [2.24, 2.45) is 0 Å². The van der Waals surface area contributed by atoms with E-state index in [0.29, 0.717) is 19.5 Å². The smallest absolute Gasteiger partial charge is 0.222 e. The molecule has 0 aromatic rings. The van der Waals surface area contributed by atoms with Crippen LogP contribution < -0.4 is 4.72 Å². The average molecular weight is 234 g/mol. The van der Waals surface area contributed by atoms with E-state index in [-0.39, 0.29) is 5.91 Å². The highest BCUT2D eigenvalue weighted by atomic mass is 32.2. The molecule has 1 fully saturated rings. The van der Waals surface area contributed by atoms with Gasteiger partial charge in [0, 0.05) is 26.1 Å². The van der Waals surface area contributed by atoms with Crippen molar-refractivity contribution in [3.05, 3.63) is 0 Å². The SMILES string of the molecule is CS(=O)(=O)NCCN1CCCCCC1=O. The molecule has 1 saturated heterocycles. The molecule has 0 atom stereocenters. The molecule has 1 rings (SSSR count). The first-order valence-electron chi connectivity index (χ1n) is 5.21. The predicted molar refractivity (Wildman–Crippen MR) is 57.9 cm³/mol. The van der Waals surface area contributed by atoms with Gasteiger partial charge in [0.05, 0.1) is 6.26 Å². The lowest BCUT2D eigenvalue weighted by Gasteiger charge is -2.20. The third kappa shape index (κ3) is 5.13. The van der Waals surface area contributed by atoms with Crippen LogP contribution in [0.4, 0.5) is 0 Å². The van der Waals surface area contributed by atoms with Crippen LogP contribution in [0.3, 0.4) is 0 Å². The van der Waals surface area contributed by atoms with Gasteiger partial charge in [0.25, 0.3) is 0 Å². The summed E-state index contributed by atoms with van der Waals surface area (Å²) in [5.74, 6) is 0.141. The maximum atomic E-state index is 11.5. The van der Waals surface area contributed by atoms with E-state index in [9.17, 15) is 13.2 Å². The molecule has 5 nitrogen and oxygen atoms in total. The van der Waals surface area contributed by atoms with Crippen LogP contribution in [0, 0.1) is 0 Å². The van der Waals surface area contributed by atoms with Gasteiger partial charge in [-0.25, -0.2) is 13.1 Å².